The van der Waals surface area contributed by atoms with Gasteiger partial charge in [-0.1, -0.05) is 0 Å². The van der Waals surface area contributed by atoms with Gasteiger partial charge in [-0.2, -0.15) is 0 Å². The molecule has 0 radical (unpaired) electrons. The van der Waals surface area contributed by atoms with Crippen LogP contribution in [0.1, 0.15) is 68.9 Å². The van der Waals surface area contributed by atoms with E-state index in [-0.39, 0.29) is 59.4 Å². The van der Waals surface area contributed by atoms with E-state index >= 15 is 0 Å². The standard InChI is InChI=1S/C24H30BN5O5S2.C19H32BN5O6S/c1-14-12-19(35-4)15(2)16(3)22(14)37(33,34)30-24(26)27-11-7-9-18(28-13-25-32)21(31)23-29-17-8-5-6-10-20(17)36-23;1-12-10-16(30-5)13(2)14(3)17(12)32(28,29)24-19(21)22-9-7-8-15(23-11-20-27)18(26)25(4)31-6/h5-6,8,10,12,18,28H,7,9,11,13H2,1-4H3,(H3,26,27,30);10,15,23H,7-9,11H2,1-6H3,(H3,21,22,24). The number of guanidine groups is 2. The van der Waals surface area contributed by atoms with Crippen LogP contribution in [-0.2, 0) is 39.1 Å². The number of rotatable bonds is 24. The topological polar surface area (TPSA) is 305 Å². The molecule has 0 aliphatic heterocycles. The van der Waals surface area contributed by atoms with Gasteiger partial charge in [-0.15, -0.1) is 0 Å². The van der Waals surface area contributed by atoms with Gasteiger partial charge < -0.3 is 9.47 Å². The van der Waals surface area contributed by atoms with Crippen molar-refractivity contribution in [2.45, 2.75) is 89.1 Å². The molecule has 374 valence electrons. The zero-order valence-electron chi connectivity index (χ0n) is 40.6. The summed E-state index contributed by atoms with van der Waals surface area (Å²) in [6, 6.07) is 9.51. The number of hydrogen-bond acceptors (Lipinski definition) is 17. The van der Waals surface area contributed by atoms with E-state index in [0.717, 1.165) is 20.8 Å². The Hall–Kier alpha value is -5.66. The van der Waals surface area contributed by atoms with Gasteiger partial charge in [-0.3, -0.25) is 0 Å². The number of ether oxygens (including phenoxy) is 2. The summed E-state index contributed by atoms with van der Waals surface area (Å²) in [5, 5.41) is 7.18. The molecule has 0 spiro atoms. The summed E-state index contributed by atoms with van der Waals surface area (Å²) < 4.78 is 89.4. The molecule has 0 saturated heterocycles. The monoisotopic (exact) mass is 1010 g/mol. The Morgan fingerprint density at radius 2 is 1.19 bits per heavy atom. The molecule has 0 bridgehead atoms. The maximum absolute atomic E-state index is 13.0. The quantitative estimate of drug-likeness (QED) is 0.0147. The number of para-hydroxylation sites is 1. The number of ketones is 1. The molecule has 0 fully saturated rings. The summed E-state index contributed by atoms with van der Waals surface area (Å²) in [6.07, 6.45) is 1.59. The number of hydrogen-bond donors (Lipinski definition) is 6. The van der Waals surface area contributed by atoms with Crippen molar-refractivity contribution in [1.29, 1.82) is 0 Å². The van der Waals surface area contributed by atoms with Crippen LogP contribution < -0.4 is 41.0 Å². The van der Waals surface area contributed by atoms with E-state index in [1.54, 1.807) is 53.7 Å². The molecule has 2 unspecified atom stereocenters. The summed E-state index contributed by atoms with van der Waals surface area (Å²) in [4.78, 5) is 43.0. The predicted octanol–water partition coefficient (Wildman–Crippen LogP) is 2.43. The number of nitrogens with two attached hydrogens (primary N) is 2. The zero-order chi connectivity index (χ0) is 51.6. The number of aromatic nitrogens is 1. The van der Waals surface area contributed by atoms with E-state index < -0.39 is 32.1 Å². The Labute approximate surface area is 409 Å². The van der Waals surface area contributed by atoms with Crippen molar-refractivity contribution < 1.29 is 50.1 Å². The first-order chi connectivity index (χ1) is 32.6. The number of benzene rings is 3. The second kappa shape index (κ2) is 26.9. The number of hydroxylamine groups is 2. The number of methoxy groups -OCH3 is 2. The number of Topliss-reactive ketones (excluding diaryl/α,β-unsaturated/α-hetero) is 1. The van der Waals surface area contributed by atoms with Gasteiger partial charge in [0.1, 0.15) is 11.5 Å². The fourth-order valence-electron chi connectivity index (χ4n) is 7.18. The minimum Gasteiger partial charge on any atom is -0.0380 e. The molecule has 21 nitrogen and oxygen atoms in total. The fraction of sp³-hybridized carbons (Fsp3) is 0.465. The van der Waals surface area contributed by atoms with E-state index in [2.05, 4.69) is 35.0 Å². The zero-order valence-corrected chi connectivity index (χ0v) is 43.0. The predicted molar refractivity (Wildman–Crippen MR) is 267 cm³/mol. The minimum atomic E-state index is -3.97. The molecule has 8 N–H and O–H groups in total. The third-order valence-corrected chi connectivity index (χ3v) is 15.2. The third kappa shape index (κ3) is 15.9. The van der Waals surface area contributed by atoms with Crippen LogP contribution in [0.3, 0.4) is 0 Å². The molecule has 0 aliphatic carbocycles. The average molecular weight is 1010 g/mol. The Morgan fingerprint density at radius 3 is 1.62 bits per heavy atom. The van der Waals surface area contributed by atoms with Crippen molar-refractivity contribution in [3.8, 4) is 11.5 Å². The second-order valence-corrected chi connectivity index (χ2v) is 19.9. The number of carbonyl (C=O) groups is 2. The van der Waals surface area contributed by atoms with Crippen LogP contribution in [0.5, 0.6) is 11.5 Å². The van der Waals surface area contributed by atoms with E-state index in [1.165, 1.54) is 39.7 Å². The molecule has 2 atom stereocenters. The number of amides is 1. The second-order valence-electron chi connectivity index (χ2n) is 15.6. The fourth-order valence-corrected chi connectivity index (χ4v) is 11.1. The van der Waals surface area contributed by atoms with Crippen LogP contribution in [0.4, 0.5) is 0 Å². The van der Waals surface area contributed by atoms with Gasteiger partial charge in [0.25, 0.3) is 0 Å². The minimum absolute atomic E-state index is 0.0130. The van der Waals surface area contributed by atoms with E-state index in [0.29, 0.717) is 84.3 Å². The van der Waals surface area contributed by atoms with Crippen LogP contribution >= 0.6 is 11.3 Å². The van der Waals surface area contributed by atoms with Crippen LogP contribution in [0.25, 0.3) is 10.2 Å². The Bertz CT molecular complexity index is 2720. The molecule has 1 heterocycles. The van der Waals surface area contributed by atoms with Crippen LogP contribution in [-0.4, -0.2) is 131 Å². The number of thiazole rings is 1. The number of aryl methyl sites for hydroxylation is 2. The molecule has 26 heteroatoms. The number of aliphatic imine (C=N–C) groups is 2. The molecule has 0 aliphatic rings. The first-order valence-corrected chi connectivity index (χ1v) is 25.4. The van der Waals surface area contributed by atoms with E-state index in [1.807, 2.05) is 24.3 Å². The molecule has 1 aromatic heterocycles. The van der Waals surface area contributed by atoms with Gasteiger partial charge in [-0.05, 0) is 64.8 Å². The summed E-state index contributed by atoms with van der Waals surface area (Å²) in [5.74, 6) is 0.160. The Morgan fingerprint density at radius 1 is 0.739 bits per heavy atom. The van der Waals surface area contributed by atoms with Crippen LogP contribution in [0, 0.1) is 41.5 Å². The molecule has 3 aromatic carbocycles. The van der Waals surface area contributed by atoms with Gasteiger partial charge in [0, 0.05) is 0 Å². The first kappa shape index (κ1) is 57.7. The van der Waals surface area contributed by atoms with Gasteiger partial charge >= 0.3 is 311 Å². The molecule has 0 saturated carbocycles. The van der Waals surface area contributed by atoms with E-state index in [9.17, 15) is 35.8 Å². The molecule has 4 aromatic rings. The summed E-state index contributed by atoms with van der Waals surface area (Å²) in [7, 11) is -0.693. The molecule has 1 amide bonds. The van der Waals surface area contributed by atoms with Crippen molar-refractivity contribution >= 4 is 79.5 Å². The van der Waals surface area contributed by atoms with Gasteiger partial charge in [0.05, 0.1) is 14.2 Å². The third-order valence-electron chi connectivity index (χ3n) is 10.9. The van der Waals surface area contributed by atoms with Crippen molar-refractivity contribution in [3.63, 3.8) is 0 Å². The van der Waals surface area contributed by atoms with Crippen LogP contribution in [0.2, 0.25) is 0 Å². The number of fused-ring (bicyclic) bond motifs is 1. The summed E-state index contributed by atoms with van der Waals surface area (Å²) in [6.45, 7) is 10.7. The average Bonchev–Trinajstić information content (AvgIpc) is 3.74. The molecule has 69 heavy (non-hydrogen) atoms. The van der Waals surface area contributed by atoms with Gasteiger partial charge in [-0.25, -0.2) is 0 Å². The van der Waals surface area contributed by atoms with Gasteiger partial charge in [0.15, 0.2) is 0 Å². The maximum atomic E-state index is 13.0. The Kier molecular flexibility index (Phi) is 22.5. The summed E-state index contributed by atoms with van der Waals surface area (Å²) >= 11 is 1.30. The smallest absolute Gasteiger partial charge is 0.0380 e. The summed E-state index contributed by atoms with van der Waals surface area (Å²) in [5.41, 5.74) is 16.0. The number of likely N-dealkylation sites (N-methyl/N-ethyl adjacent to an activating group) is 1. The SMILES string of the molecule is COc1cc(C)c(S(=O)(=O)NC(N)=NCCCC(NCB=O)C(=O)N(C)OC)c(C)c1C.COc1cc(C)c(S(=O)(=O)NC(N)=NCCCC(NCB=O)C(=O)c2nc3ccccc3s2)c(C)c1C. The van der Waals surface area contributed by atoms with Crippen molar-refractivity contribution in [3.05, 3.63) is 74.8 Å². The van der Waals surface area contributed by atoms with Crippen molar-refractivity contribution in [2.24, 2.45) is 21.5 Å². The number of nitrogens with zero attached hydrogens (tertiary/aromatic N) is 4. The molecular weight excluding hydrogens is 950 g/mol. The van der Waals surface area contributed by atoms with Crippen molar-refractivity contribution in [1.82, 2.24) is 30.1 Å². The van der Waals surface area contributed by atoms with Crippen LogP contribution in [0.15, 0.2) is 56.2 Å². The molecule has 4 rings (SSSR count). The Balaban J connectivity index is 0.000000370. The van der Waals surface area contributed by atoms with E-state index in [4.69, 9.17) is 25.8 Å². The number of carbonyl (C=O) groups excluding carboxylic acids is 2. The number of sulfonamides is 2. The number of nitrogens with one attached hydrogen (secondary N) is 4. The van der Waals surface area contributed by atoms with Crippen molar-refractivity contribution in [2.75, 3.05) is 54.4 Å². The molecular formula is C43H62B2N10O11S3. The van der Waals surface area contributed by atoms with Gasteiger partial charge in [0.2, 0.25) is 0 Å². The normalized spacial score (nSPS) is 12.8. The first-order valence-electron chi connectivity index (χ1n) is 21.6.